The Hall–Kier alpha value is -4.82. The standard InChI is InChI=1S/C43H46ClF2N7O4/c1-25-29(7-6-10-32(25)48-38-36-34(49-39(51-38)37(45)46)19-26(20-47-36)21-53-18-13-28(54)23-53)30-8-5-9-31(35(30)44)33-12-11-27(40(50-33)56-3)22-52(2)43-16-14-42(24-43,15-17-43)41(55)57-4/h5-12,19-20,28,37,54H,13-18,21-24H2,1-4H3,(H,48,49,51)/t28-,42?,43?/m1/s1. The maximum Gasteiger partial charge on any atom is 0.311 e. The van der Waals surface area contributed by atoms with E-state index in [1.54, 1.807) is 19.4 Å². The molecule has 0 spiro atoms. The minimum atomic E-state index is -2.88. The Morgan fingerprint density at radius 1 is 1.05 bits per heavy atom. The number of benzene rings is 2. The van der Waals surface area contributed by atoms with E-state index in [4.69, 9.17) is 26.1 Å². The number of anilines is 2. The van der Waals surface area contributed by atoms with Crippen molar-refractivity contribution < 1.29 is 28.2 Å². The number of halogens is 3. The van der Waals surface area contributed by atoms with Crippen molar-refractivity contribution in [1.29, 1.82) is 0 Å². The molecule has 0 amide bonds. The number of carbonyl (C=O) groups is 1. The molecule has 3 aromatic heterocycles. The number of ether oxygens (including phenoxy) is 2. The third kappa shape index (κ3) is 7.30. The van der Waals surface area contributed by atoms with Gasteiger partial charge in [0, 0.05) is 60.3 Å². The minimum absolute atomic E-state index is 0.0678. The van der Waals surface area contributed by atoms with Crippen molar-refractivity contribution in [2.45, 2.75) is 76.6 Å². The topological polar surface area (TPSA) is 126 Å². The molecule has 298 valence electrons. The molecule has 4 heterocycles. The number of nitrogens with zero attached hydrogens (tertiary/aromatic N) is 6. The van der Waals surface area contributed by atoms with Crippen molar-refractivity contribution in [2.24, 2.45) is 5.41 Å². The van der Waals surface area contributed by atoms with Crippen LogP contribution in [-0.4, -0.2) is 86.8 Å². The van der Waals surface area contributed by atoms with Crippen LogP contribution in [0.25, 0.3) is 33.4 Å². The normalized spacial score (nSPS) is 21.9. The van der Waals surface area contributed by atoms with Gasteiger partial charge in [-0.25, -0.2) is 23.7 Å². The molecule has 2 aromatic carbocycles. The smallest absolute Gasteiger partial charge is 0.311 e. The van der Waals surface area contributed by atoms with E-state index in [9.17, 15) is 18.7 Å². The van der Waals surface area contributed by atoms with Gasteiger partial charge < -0.3 is 19.9 Å². The highest BCUT2D eigenvalue weighted by Gasteiger charge is 2.60. The van der Waals surface area contributed by atoms with Crippen molar-refractivity contribution in [1.82, 2.24) is 29.7 Å². The molecule has 2 aliphatic carbocycles. The summed E-state index contributed by atoms with van der Waals surface area (Å²) in [6, 6.07) is 17.2. The summed E-state index contributed by atoms with van der Waals surface area (Å²) in [5.74, 6) is -0.0146. The largest absolute Gasteiger partial charge is 0.481 e. The number of nitrogens with one attached hydrogen (secondary N) is 1. The van der Waals surface area contributed by atoms with Gasteiger partial charge in [0.2, 0.25) is 5.88 Å². The maximum absolute atomic E-state index is 14.1. The number of rotatable bonds is 12. The quantitative estimate of drug-likeness (QED) is 0.119. The lowest BCUT2D eigenvalue weighted by atomic mass is 9.84. The van der Waals surface area contributed by atoms with E-state index >= 15 is 0 Å². The average Bonchev–Trinajstić information content (AvgIpc) is 3.93. The number of aliphatic hydroxyl groups is 1. The zero-order valence-corrected chi connectivity index (χ0v) is 33.2. The van der Waals surface area contributed by atoms with Gasteiger partial charge >= 0.3 is 5.97 Å². The van der Waals surface area contributed by atoms with Crippen molar-refractivity contribution in [3.63, 3.8) is 0 Å². The van der Waals surface area contributed by atoms with E-state index < -0.39 is 12.2 Å². The molecule has 0 unspecified atom stereocenters. The Morgan fingerprint density at radius 2 is 1.81 bits per heavy atom. The first kappa shape index (κ1) is 39.0. The van der Waals surface area contributed by atoms with Gasteiger partial charge in [-0.05, 0) is 87.4 Å². The molecule has 2 N–H and O–H groups in total. The predicted molar refractivity (Wildman–Crippen MR) is 215 cm³/mol. The van der Waals surface area contributed by atoms with E-state index in [-0.39, 0.29) is 28.8 Å². The van der Waals surface area contributed by atoms with Crippen molar-refractivity contribution in [2.75, 3.05) is 39.7 Å². The molecule has 1 aliphatic heterocycles. The van der Waals surface area contributed by atoms with Crippen LogP contribution >= 0.6 is 11.6 Å². The van der Waals surface area contributed by atoms with E-state index in [0.29, 0.717) is 59.4 Å². The SMILES string of the molecule is COC(=O)C12CCC(N(C)Cc3ccc(-c4cccc(-c5cccc(Nc6nc(C(F)F)nc7cc(CN8CC[C@@H](O)C8)cnc67)c5C)c4Cl)nc3OC)(CC1)C2. The molecular weight excluding hydrogens is 752 g/mol. The van der Waals surface area contributed by atoms with E-state index in [1.165, 1.54) is 7.11 Å². The van der Waals surface area contributed by atoms with E-state index in [2.05, 4.69) is 37.1 Å². The lowest BCUT2D eigenvalue weighted by Gasteiger charge is -2.37. The first-order valence-corrected chi connectivity index (χ1v) is 19.6. The number of pyridine rings is 2. The average molecular weight is 798 g/mol. The van der Waals surface area contributed by atoms with Crippen LogP contribution in [0.3, 0.4) is 0 Å². The van der Waals surface area contributed by atoms with Crippen molar-refractivity contribution >= 4 is 40.1 Å². The summed E-state index contributed by atoms with van der Waals surface area (Å²) in [6.07, 6.45) is 3.51. The molecule has 57 heavy (non-hydrogen) atoms. The molecule has 5 aromatic rings. The van der Waals surface area contributed by atoms with Crippen LogP contribution in [0.15, 0.2) is 60.8 Å². The molecule has 0 radical (unpaired) electrons. The second kappa shape index (κ2) is 15.5. The fraction of sp³-hybridized carbons (Fsp3) is 0.419. The highest BCUT2D eigenvalue weighted by Crippen LogP contribution is 2.59. The fourth-order valence-corrected chi connectivity index (χ4v) is 9.54. The monoisotopic (exact) mass is 797 g/mol. The lowest BCUT2D eigenvalue weighted by molar-refractivity contribution is -0.152. The summed E-state index contributed by atoms with van der Waals surface area (Å²) in [6.45, 7) is 4.38. The van der Waals surface area contributed by atoms with Crippen LogP contribution in [0.2, 0.25) is 5.02 Å². The number of hydrogen-bond donors (Lipinski definition) is 2. The molecule has 14 heteroatoms. The van der Waals surface area contributed by atoms with Gasteiger partial charge in [-0.3, -0.25) is 19.6 Å². The minimum Gasteiger partial charge on any atom is -0.481 e. The fourth-order valence-electron chi connectivity index (χ4n) is 9.22. The van der Waals surface area contributed by atoms with Gasteiger partial charge in [0.15, 0.2) is 11.6 Å². The molecule has 11 nitrogen and oxygen atoms in total. The molecular formula is C43H46ClF2N7O4. The third-order valence-electron chi connectivity index (χ3n) is 12.4. The molecule has 1 atom stereocenters. The Balaban J connectivity index is 1.05. The zero-order chi connectivity index (χ0) is 40.1. The number of carbonyl (C=O) groups excluding carboxylic acids is 1. The first-order valence-electron chi connectivity index (χ1n) is 19.3. The number of fused-ring (bicyclic) bond motifs is 3. The Labute approximate surface area is 335 Å². The summed E-state index contributed by atoms with van der Waals surface area (Å²) in [7, 11) is 5.20. The second-order valence-corrected chi connectivity index (χ2v) is 16.2. The number of hydrogen-bond acceptors (Lipinski definition) is 11. The van der Waals surface area contributed by atoms with Gasteiger partial charge in [-0.2, -0.15) is 0 Å². The van der Waals surface area contributed by atoms with E-state index in [0.717, 1.165) is 72.0 Å². The van der Waals surface area contributed by atoms with Gasteiger partial charge in [-0.1, -0.05) is 48.0 Å². The molecule has 2 bridgehead atoms. The first-order chi connectivity index (χ1) is 27.4. The Kier molecular flexibility index (Phi) is 10.6. The molecule has 2 saturated carbocycles. The Morgan fingerprint density at radius 3 is 2.53 bits per heavy atom. The van der Waals surface area contributed by atoms with Gasteiger partial charge in [0.1, 0.15) is 5.52 Å². The van der Waals surface area contributed by atoms with Crippen molar-refractivity contribution in [3.05, 3.63) is 88.3 Å². The number of alkyl halides is 2. The van der Waals surface area contributed by atoms with Crippen LogP contribution in [-0.2, 0) is 22.6 Å². The van der Waals surface area contributed by atoms with Gasteiger partial charge in [0.25, 0.3) is 6.43 Å². The van der Waals surface area contributed by atoms with Crippen LogP contribution in [0, 0.1) is 12.3 Å². The molecule has 3 fully saturated rings. The second-order valence-electron chi connectivity index (χ2n) is 15.8. The van der Waals surface area contributed by atoms with Crippen LogP contribution < -0.4 is 10.1 Å². The maximum atomic E-state index is 14.1. The number of aliphatic hydroxyl groups excluding tert-OH is 1. The number of esters is 1. The third-order valence-corrected chi connectivity index (χ3v) is 12.8. The summed E-state index contributed by atoms with van der Waals surface area (Å²) < 4.78 is 39.2. The summed E-state index contributed by atoms with van der Waals surface area (Å²) >= 11 is 7.20. The number of aromatic nitrogens is 4. The van der Waals surface area contributed by atoms with Crippen molar-refractivity contribution in [3.8, 4) is 28.3 Å². The molecule has 1 saturated heterocycles. The zero-order valence-electron chi connectivity index (χ0n) is 32.5. The predicted octanol–water partition coefficient (Wildman–Crippen LogP) is 8.28. The molecule has 3 aliphatic rings. The summed E-state index contributed by atoms with van der Waals surface area (Å²) in [5.41, 5.74) is 6.43. The number of likely N-dealkylation sites (tertiary alicyclic amines) is 1. The van der Waals surface area contributed by atoms with Gasteiger partial charge in [0.05, 0.1) is 42.0 Å². The number of methoxy groups -OCH3 is 2. The molecule has 8 rings (SSSR count). The van der Waals surface area contributed by atoms with E-state index in [1.807, 2.05) is 55.5 Å². The highest BCUT2D eigenvalue weighted by atomic mass is 35.5. The summed E-state index contributed by atoms with van der Waals surface area (Å²) in [4.78, 5) is 35.0. The number of β-amino-alcohol motifs (C(OH)–C–C–N with tert-alkyl or cyclic N) is 1. The van der Waals surface area contributed by atoms with Crippen LogP contribution in [0.1, 0.15) is 67.5 Å². The highest BCUT2D eigenvalue weighted by molar-refractivity contribution is 6.36. The van der Waals surface area contributed by atoms with Crippen LogP contribution in [0.4, 0.5) is 20.3 Å². The lowest BCUT2D eigenvalue weighted by Crippen LogP contribution is -2.42. The van der Waals surface area contributed by atoms with Crippen LogP contribution in [0.5, 0.6) is 5.88 Å². The van der Waals surface area contributed by atoms with Gasteiger partial charge in [-0.15, -0.1) is 0 Å². The Bertz CT molecular complexity index is 2340. The summed E-state index contributed by atoms with van der Waals surface area (Å²) in [5, 5.41) is 13.7.